The van der Waals surface area contributed by atoms with Gasteiger partial charge in [-0.3, -0.25) is 14.4 Å². The minimum absolute atomic E-state index is 0.149. The molecule has 1 aliphatic heterocycles. The van der Waals surface area contributed by atoms with Crippen LogP contribution in [0.1, 0.15) is 5.69 Å². The smallest absolute Gasteiger partial charge is 0.369 e. The van der Waals surface area contributed by atoms with Gasteiger partial charge in [-0.2, -0.15) is 5.06 Å². The van der Waals surface area contributed by atoms with E-state index in [1.807, 2.05) is 0 Å². The molecule has 1 aromatic carbocycles. The zero-order chi connectivity index (χ0) is 22.5. The lowest BCUT2D eigenvalue weighted by Crippen LogP contribution is -2.50. The molecule has 2 aromatic rings. The van der Waals surface area contributed by atoms with Gasteiger partial charge in [0.25, 0.3) is 18.0 Å². The van der Waals surface area contributed by atoms with Crippen LogP contribution in [-0.2, 0) is 24.1 Å². The molecule has 0 bridgehead atoms. The summed E-state index contributed by atoms with van der Waals surface area (Å²) in [6.45, 7) is -0.322. The van der Waals surface area contributed by atoms with E-state index in [2.05, 4.69) is 20.3 Å². The molecule has 0 aliphatic carbocycles. The van der Waals surface area contributed by atoms with Crippen LogP contribution in [0.5, 0.6) is 5.75 Å². The van der Waals surface area contributed by atoms with E-state index < -0.39 is 30.1 Å². The van der Waals surface area contributed by atoms with E-state index >= 15 is 0 Å². The second-order valence-corrected chi connectivity index (χ2v) is 7.27. The molecule has 0 radical (unpaired) electrons. The van der Waals surface area contributed by atoms with Crippen LogP contribution in [0, 0.1) is 0 Å². The van der Waals surface area contributed by atoms with Gasteiger partial charge >= 0.3 is 5.97 Å². The third kappa shape index (κ3) is 5.20. The number of halogens is 1. The summed E-state index contributed by atoms with van der Waals surface area (Å²) < 4.78 is 5.34. The zero-order valence-electron chi connectivity index (χ0n) is 15.9. The summed E-state index contributed by atoms with van der Waals surface area (Å²) in [5.74, 6) is -2.95. The van der Waals surface area contributed by atoms with E-state index in [0.717, 1.165) is 11.3 Å². The Labute approximate surface area is 184 Å². The number of nitrogens with two attached hydrogens (primary N) is 1. The summed E-state index contributed by atoms with van der Waals surface area (Å²) in [6.07, 6.45) is -1.79. The van der Waals surface area contributed by atoms with Crippen LogP contribution < -0.4 is 15.8 Å². The average Bonchev–Trinajstić information content (AvgIpc) is 3.31. The number of benzene rings is 1. The molecule has 1 unspecified atom stereocenters. The molecule has 1 aromatic heterocycles. The number of thiazole rings is 1. The molecule has 12 nitrogen and oxygen atoms in total. The number of anilines is 1. The van der Waals surface area contributed by atoms with E-state index in [1.165, 1.54) is 36.8 Å². The van der Waals surface area contributed by atoms with Crippen LogP contribution >= 0.6 is 22.9 Å². The van der Waals surface area contributed by atoms with Crippen molar-refractivity contribution in [1.29, 1.82) is 0 Å². The molecule has 31 heavy (non-hydrogen) atoms. The SMILES string of the molecule is CO/N=C(\C(=O)N[C@H]1CON(C(Oc2ccc(Cl)cc2)C(=O)O)C1=O)c1csc(N)n1. The van der Waals surface area contributed by atoms with Crippen molar-refractivity contribution in [2.24, 2.45) is 5.16 Å². The number of nitrogens with one attached hydrogen (secondary N) is 1. The van der Waals surface area contributed by atoms with Crippen LogP contribution in [0.2, 0.25) is 5.02 Å². The van der Waals surface area contributed by atoms with Gasteiger partial charge in [-0.15, -0.1) is 11.3 Å². The van der Waals surface area contributed by atoms with Crippen molar-refractivity contribution in [3.63, 3.8) is 0 Å². The molecule has 2 amide bonds. The quantitative estimate of drug-likeness (QED) is 0.368. The highest BCUT2D eigenvalue weighted by atomic mass is 35.5. The van der Waals surface area contributed by atoms with Gasteiger partial charge in [0.15, 0.2) is 10.8 Å². The predicted molar refractivity (Wildman–Crippen MR) is 108 cm³/mol. The van der Waals surface area contributed by atoms with Crippen molar-refractivity contribution in [2.45, 2.75) is 12.3 Å². The monoisotopic (exact) mass is 469 g/mol. The summed E-state index contributed by atoms with van der Waals surface area (Å²) in [7, 11) is 1.24. The van der Waals surface area contributed by atoms with E-state index in [1.54, 1.807) is 0 Å². The summed E-state index contributed by atoms with van der Waals surface area (Å²) in [5.41, 5.74) is 5.51. The number of carboxylic acid groups (broad SMARTS) is 1. The number of oxime groups is 1. The number of hydrogen-bond acceptors (Lipinski definition) is 10. The van der Waals surface area contributed by atoms with E-state index in [4.69, 9.17) is 26.9 Å². The highest BCUT2D eigenvalue weighted by Crippen LogP contribution is 2.21. The molecule has 2 heterocycles. The number of amides is 2. The van der Waals surface area contributed by atoms with Crippen LogP contribution in [0.3, 0.4) is 0 Å². The minimum Gasteiger partial charge on any atom is -0.477 e. The maximum atomic E-state index is 12.7. The number of ether oxygens (including phenoxy) is 1. The minimum atomic E-state index is -1.79. The van der Waals surface area contributed by atoms with Gasteiger partial charge in [0.05, 0.1) is 0 Å². The Morgan fingerprint density at radius 1 is 1.45 bits per heavy atom. The van der Waals surface area contributed by atoms with Gasteiger partial charge in [0, 0.05) is 10.4 Å². The van der Waals surface area contributed by atoms with Gasteiger partial charge in [-0.05, 0) is 24.3 Å². The van der Waals surface area contributed by atoms with Crippen molar-refractivity contribution >= 4 is 51.6 Å². The maximum Gasteiger partial charge on any atom is 0.369 e. The van der Waals surface area contributed by atoms with Crippen molar-refractivity contribution in [1.82, 2.24) is 15.4 Å². The number of nitrogens with zero attached hydrogens (tertiary/aromatic N) is 3. The first-order chi connectivity index (χ1) is 14.8. The van der Waals surface area contributed by atoms with Crippen LogP contribution in [0.25, 0.3) is 0 Å². The first-order valence-corrected chi connectivity index (χ1v) is 9.80. The Kier molecular flexibility index (Phi) is 6.89. The molecule has 0 spiro atoms. The second kappa shape index (κ2) is 9.59. The fourth-order valence-corrected chi connectivity index (χ4v) is 3.16. The van der Waals surface area contributed by atoms with Gasteiger partial charge in [-0.25, -0.2) is 9.78 Å². The molecular weight excluding hydrogens is 454 g/mol. The number of carboxylic acids is 1. The lowest BCUT2D eigenvalue weighted by atomic mass is 10.2. The molecule has 2 atom stereocenters. The van der Waals surface area contributed by atoms with Crippen LogP contribution in [0.15, 0.2) is 34.8 Å². The van der Waals surface area contributed by atoms with Gasteiger partial charge in [-0.1, -0.05) is 16.8 Å². The first kappa shape index (κ1) is 22.3. The number of carbonyl (C=O) groups is 3. The number of hydrogen-bond donors (Lipinski definition) is 3. The van der Waals surface area contributed by atoms with E-state index in [9.17, 15) is 19.5 Å². The van der Waals surface area contributed by atoms with Gasteiger partial charge in [0.1, 0.15) is 31.2 Å². The summed E-state index contributed by atoms with van der Waals surface area (Å²) in [5, 5.41) is 18.2. The molecular formula is C17H16ClN5O7S. The van der Waals surface area contributed by atoms with Crippen molar-refractivity contribution < 1.29 is 33.9 Å². The van der Waals surface area contributed by atoms with E-state index in [0.29, 0.717) is 10.1 Å². The number of aliphatic carboxylic acids is 1. The van der Waals surface area contributed by atoms with Gasteiger partial charge < -0.3 is 25.7 Å². The lowest BCUT2D eigenvalue weighted by Gasteiger charge is -2.23. The standard InChI is InChI=1S/C17H16ClN5O7S/c1-28-22-12(11-7-31-17(19)21-11)13(24)20-10-6-29-23(14(10)25)15(16(26)27)30-9-4-2-8(18)3-5-9/h2-5,7,10,15H,6H2,1H3,(H2,19,21)(H,20,24)(H,26,27)/b22-12-/t10-,15?/m0/s1. The number of rotatable bonds is 8. The number of hydroxylamine groups is 2. The maximum absolute atomic E-state index is 12.7. The van der Waals surface area contributed by atoms with Crippen molar-refractivity contribution in [3.05, 3.63) is 40.4 Å². The van der Waals surface area contributed by atoms with Crippen LogP contribution in [0.4, 0.5) is 5.13 Å². The highest BCUT2D eigenvalue weighted by molar-refractivity contribution is 7.13. The molecule has 3 rings (SSSR count). The fourth-order valence-electron chi connectivity index (χ4n) is 2.49. The third-order valence-electron chi connectivity index (χ3n) is 3.85. The Morgan fingerprint density at radius 2 is 2.16 bits per heavy atom. The Hall–Kier alpha value is -3.42. The summed E-state index contributed by atoms with van der Waals surface area (Å²) in [4.78, 5) is 50.7. The molecule has 4 N–H and O–H groups in total. The number of carbonyl (C=O) groups excluding carboxylic acids is 2. The largest absolute Gasteiger partial charge is 0.477 e. The fraction of sp³-hybridized carbons (Fsp3) is 0.235. The molecule has 1 fully saturated rings. The molecule has 0 saturated carbocycles. The Bertz CT molecular complexity index is 1010. The third-order valence-corrected chi connectivity index (χ3v) is 4.77. The normalized spacial score (nSPS) is 17.4. The van der Waals surface area contributed by atoms with Gasteiger partial charge in [0.2, 0.25) is 0 Å². The topological polar surface area (TPSA) is 166 Å². The number of nitrogen functional groups attached to an aromatic ring is 1. The van der Waals surface area contributed by atoms with Crippen molar-refractivity contribution in [3.8, 4) is 5.75 Å². The Morgan fingerprint density at radius 3 is 2.74 bits per heavy atom. The highest BCUT2D eigenvalue weighted by Gasteiger charge is 2.43. The predicted octanol–water partition coefficient (Wildman–Crippen LogP) is 0.478. The molecule has 14 heteroatoms. The molecule has 164 valence electrons. The van der Waals surface area contributed by atoms with Crippen molar-refractivity contribution in [2.75, 3.05) is 19.5 Å². The molecule has 1 saturated heterocycles. The zero-order valence-corrected chi connectivity index (χ0v) is 17.4. The Balaban J connectivity index is 1.71. The first-order valence-electron chi connectivity index (χ1n) is 8.54. The number of aromatic nitrogens is 1. The average molecular weight is 470 g/mol. The summed E-state index contributed by atoms with van der Waals surface area (Å²) in [6, 6.07) is 4.66. The molecule has 1 aliphatic rings. The second-order valence-electron chi connectivity index (χ2n) is 5.94. The van der Waals surface area contributed by atoms with E-state index in [-0.39, 0.29) is 28.9 Å². The van der Waals surface area contributed by atoms with Crippen LogP contribution in [-0.4, -0.2) is 64.6 Å². The lowest BCUT2D eigenvalue weighted by molar-refractivity contribution is -0.211. The summed E-state index contributed by atoms with van der Waals surface area (Å²) >= 11 is 6.88.